The molecule has 0 fully saturated rings. The zero-order valence-electron chi connectivity index (χ0n) is 33.1. The van der Waals surface area contributed by atoms with E-state index in [1.54, 1.807) is 6.33 Å². The maximum absolute atomic E-state index is 6.35. The van der Waals surface area contributed by atoms with Gasteiger partial charge in [-0.15, -0.1) is 0 Å². The normalized spacial score (nSPS) is 11.5. The van der Waals surface area contributed by atoms with Crippen molar-refractivity contribution in [3.8, 4) is 73.4 Å². The molecule has 5 heterocycles. The van der Waals surface area contributed by atoms with Gasteiger partial charge in [0, 0.05) is 50.5 Å². The highest BCUT2D eigenvalue weighted by molar-refractivity contribution is 6.09. The average Bonchev–Trinajstić information content (AvgIpc) is 3.90. The number of pyridine rings is 1. The Bertz CT molecular complexity index is 3570. The number of furan rings is 1. The van der Waals surface area contributed by atoms with Gasteiger partial charge in [0.15, 0.2) is 23.1 Å². The molecule has 0 unspecified atom stereocenters. The average molecular weight is 796 g/mol. The van der Waals surface area contributed by atoms with E-state index in [-0.39, 0.29) is 0 Å². The molecule has 0 atom stereocenters. The first-order chi connectivity index (χ1) is 30.7. The molecular weight excluding hydrogens is 763 g/mol. The quantitative estimate of drug-likeness (QED) is 0.158. The van der Waals surface area contributed by atoms with Crippen LogP contribution in [0.3, 0.4) is 0 Å². The Morgan fingerprint density at radius 3 is 1.55 bits per heavy atom. The Morgan fingerprint density at radius 1 is 0.371 bits per heavy atom. The van der Waals surface area contributed by atoms with Crippen molar-refractivity contribution < 1.29 is 4.42 Å². The lowest BCUT2D eigenvalue weighted by Crippen LogP contribution is -2.00. The summed E-state index contributed by atoms with van der Waals surface area (Å²) < 4.78 is 8.66. The molecule has 290 valence electrons. The number of fused-ring (bicyclic) bond motifs is 6. The van der Waals surface area contributed by atoms with Crippen molar-refractivity contribution in [1.82, 2.24) is 34.5 Å². The molecule has 12 aromatic rings. The Morgan fingerprint density at radius 2 is 0.887 bits per heavy atom. The smallest absolute Gasteiger partial charge is 0.229 e. The summed E-state index contributed by atoms with van der Waals surface area (Å²) in [5, 5.41) is 3.28. The number of aromatic nitrogens is 7. The Balaban J connectivity index is 0.888. The molecule has 0 aliphatic carbocycles. The molecule has 0 saturated heterocycles. The number of benzene rings is 7. The van der Waals surface area contributed by atoms with Gasteiger partial charge in [0.1, 0.15) is 17.5 Å². The molecular formula is C54H33N7O. The molecule has 12 rings (SSSR count). The molecule has 0 aliphatic heterocycles. The summed E-state index contributed by atoms with van der Waals surface area (Å²) in [6.45, 7) is 0. The van der Waals surface area contributed by atoms with Crippen LogP contribution in [0.15, 0.2) is 205 Å². The summed E-state index contributed by atoms with van der Waals surface area (Å²) in [6, 6.07) is 64.5. The summed E-state index contributed by atoms with van der Waals surface area (Å²) in [5.74, 6) is 1.79. The van der Waals surface area contributed by atoms with Gasteiger partial charge >= 0.3 is 0 Å². The molecule has 8 nitrogen and oxygen atoms in total. The lowest BCUT2D eigenvalue weighted by atomic mass is 10.0. The first kappa shape index (κ1) is 35.3. The third kappa shape index (κ3) is 6.09. The largest absolute Gasteiger partial charge is 0.434 e. The Labute approximate surface area is 355 Å². The predicted molar refractivity (Wildman–Crippen MR) is 247 cm³/mol. The monoisotopic (exact) mass is 795 g/mol. The van der Waals surface area contributed by atoms with Gasteiger partial charge in [-0.1, -0.05) is 140 Å². The predicted octanol–water partition coefficient (Wildman–Crippen LogP) is 13.1. The van der Waals surface area contributed by atoms with Crippen LogP contribution in [0.5, 0.6) is 0 Å². The van der Waals surface area contributed by atoms with Crippen LogP contribution in [-0.4, -0.2) is 34.5 Å². The van der Waals surface area contributed by atoms with Crippen LogP contribution in [0.25, 0.3) is 117 Å². The number of hydrogen-bond donors (Lipinski definition) is 0. The highest BCUT2D eigenvalue weighted by Gasteiger charge is 2.18. The lowest BCUT2D eigenvalue weighted by molar-refractivity contribution is 0.652. The van der Waals surface area contributed by atoms with Crippen molar-refractivity contribution in [2.75, 3.05) is 0 Å². The maximum Gasteiger partial charge on any atom is 0.229 e. The number of nitrogens with zero attached hydrogens (tertiary/aromatic N) is 7. The minimum atomic E-state index is 0.510. The second-order valence-electron chi connectivity index (χ2n) is 15.2. The van der Waals surface area contributed by atoms with E-state index in [0.717, 1.165) is 77.8 Å². The van der Waals surface area contributed by atoms with Crippen LogP contribution in [0.1, 0.15) is 0 Å². The summed E-state index contributed by atoms with van der Waals surface area (Å²) in [5.41, 5.74) is 13.7. The van der Waals surface area contributed by atoms with E-state index in [1.165, 1.54) is 10.8 Å². The summed E-state index contributed by atoms with van der Waals surface area (Å²) in [6.07, 6.45) is 3.43. The molecule has 0 aliphatic rings. The van der Waals surface area contributed by atoms with Gasteiger partial charge < -0.3 is 8.98 Å². The number of rotatable bonds is 7. The van der Waals surface area contributed by atoms with E-state index in [2.05, 4.69) is 130 Å². The molecule has 0 N–H and O–H groups in total. The highest BCUT2D eigenvalue weighted by Crippen LogP contribution is 2.37. The summed E-state index contributed by atoms with van der Waals surface area (Å²) in [4.78, 5) is 29.1. The zero-order chi connectivity index (χ0) is 41.0. The molecule has 0 radical (unpaired) electrons. The van der Waals surface area contributed by atoms with Crippen molar-refractivity contribution in [3.63, 3.8) is 0 Å². The van der Waals surface area contributed by atoms with Gasteiger partial charge in [0.2, 0.25) is 5.71 Å². The minimum Gasteiger partial charge on any atom is -0.434 e. The Kier molecular flexibility index (Phi) is 8.31. The fourth-order valence-electron chi connectivity index (χ4n) is 8.42. The van der Waals surface area contributed by atoms with Gasteiger partial charge in [-0.05, 0) is 65.2 Å². The number of para-hydroxylation sites is 2. The topological polar surface area (TPSA) is 95.4 Å². The molecule has 7 aromatic carbocycles. The van der Waals surface area contributed by atoms with Crippen molar-refractivity contribution in [1.29, 1.82) is 0 Å². The second kappa shape index (κ2) is 14.6. The third-order valence-corrected chi connectivity index (χ3v) is 11.5. The fraction of sp³-hybridized carbons (Fsp3) is 0. The van der Waals surface area contributed by atoms with Gasteiger partial charge in [0.05, 0.1) is 16.4 Å². The second-order valence-corrected chi connectivity index (χ2v) is 15.2. The van der Waals surface area contributed by atoms with Gasteiger partial charge in [-0.3, -0.25) is 0 Å². The van der Waals surface area contributed by atoms with Crippen LogP contribution in [-0.2, 0) is 0 Å². The molecule has 8 heteroatoms. The van der Waals surface area contributed by atoms with Gasteiger partial charge in [0.25, 0.3) is 0 Å². The van der Waals surface area contributed by atoms with E-state index < -0.39 is 0 Å². The van der Waals surface area contributed by atoms with E-state index in [1.807, 2.05) is 79.0 Å². The van der Waals surface area contributed by atoms with E-state index in [4.69, 9.17) is 24.4 Å². The van der Waals surface area contributed by atoms with Gasteiger partial charge in [-0.25, -0.2) is 29.9 Å². The molecule has 5 aromatic heterocycles. The lowest BCUT2D eigenvalue weighted by Gasteiger charge is -2.11. The molecule has 62 heavy (non-hydrogen) atoms. The van der Waals surface area contributed by atoms with Crippen LogP contribution in [0, 0.1) is 0 Å². The van der Waals surface area contributed by atoms with Crippen molar-refractivity contribution in [2.45, 2.75) is 0 Å². The fourth-order valence-corrected chi connectivity index (χ4v) is 8.42. The van der Waals surface area contributed by atoms with Crippen LogP contribution in [0.2, 0.25) is 0 Å². The van der Waals surface area contributed by atoms with Crippen LogP contribution >= 0.6 is 0 Å². The maximum atomic E-state index is 6.35. The third-order valence-electron chi connectivity index (χ3n) is 11.5. The summed E-state index contributed by atoms with van der Waals surface area (Å²) in [7, 11) is 0. The first-order valence-electron chi connectivity index (χ1n) is 20.4. The molecule has 0 spiro atoms. The van der Waals surface area contributed by atoms with Gasteiger partial charge in [-0.2, -0.15) is 0 Å². The molecule has 0 saturated carbocycles. The van der Waals surface area contributed by atoms with E-state index >= 15 is 0 Å². The highest BCUT2D eigenvalue weighted by atomic mass is 16.3. The minimum absolute atomic E-state index is 0.510. The SMILES string of the molecule is c1ccc(-c2cccc(-c3ncnc4c3oc3ncc(-c5ccc(-c6nc(-c7ccccc7)nc(-c7ccc(-n8c9ccccc9c9ccccc98)cc7)n6)cc5)cc34)c2)cc1. The van der Waals surface area contributed by atoms with E-state index in [9.17, 15) is 0 Å². The van der Waals surface area contributed by atoms with E-state index in [0.29, 0.717) is 28.8 Å². The number of hydrogen-bond acceptors (Lipinski definition) is 7. The molecule has 0 bridgehead atoms. The summed E-state index contributed by atoms with van der Waals surface area (Å²) >= 11 is 0. The Hall–Kier alpha value is -8.62. The zero-order valence-corrected chi connectivity index (χ0v) is 33.1. The molecule has 0 amide bonds. The standard InChI is InChI=1S/C54H33N7O/c1-3-12-34(13-4-1)39-16-11-17-40(30-39)48-50-49(57-33-56-48)45-31-41(32-55-54(45)62-50)35-22-24-37(25-23-35)52-58-51(36-14-5-2-6-15-36)59-53(60-52)38-26-28-42(29-27-38)61-46-20-9-7-18-43(46)44-19-8-10-21-47(44)61/h1-33H. The van der Waals surface area contributed by atoms with Crippen LogP contribution in [0.4, 0.5) is 0 Å². The van der Waals surface area contributed by atoms with Crippen molar-refractivity contribution in [2.24, 2.45) is 0 Å². The first-order valence-corrected chi connectivity index (χ1v) is 20.4. The van der Waals surface area contributed by atoms with Crippen molar-refractivity contribution >= 4 is 44.0 Å². The van der Waals surface area contributed by atoms with Crippen LogP contribution < -0.4 is 0 Å². The van der Waals surface area contributed by atoms with Crippen molar-refractivity contribution in [3.05, 3.63) is 201 Å².